The van der Waals surface area contributed by atoms with Crippen LogP contribution in [0.15, 0.2) is 76.2 Å². The fourth-order valence-electron chi connectivity index (χ4n) is 2.74. The maximum atomic E-state index is 13.3. The second-order valence-electron chi connectivity index (χ2n) is 5.89. The van der Waals surface area contributed by atoms with Crippen molar-refractivity contribution in [2.75, 3.05) is 0 Å². The molecule has 4 aromatic rings. The largest absolute Gasteiger partial charge is 0.465 e. The Morgan fingerprint density at radius 3 is 2.46 bits per heavy atom. The van der Waals surface area contributed by atoms with E-state index in [1.54, 1.807) is 73.0 Å². The third-order valence-electron chi connectivity index (χ3n) is 4.04. The van der Waals surface area contributed by atoms with Crippen LogP contribution in [0.5, 0.6) is 0 Å². The summed E-state index contributed by atoms with van der Waals surface area (Å²) in [6.45, 7) is 1.92. The predicted octanol–water partition coefficient (Wildman–Crippen LogP) is 4.35. The van der Waals surface area contributed by atoms with Crippen LogP contribution in [0.4, 0.5) is 0 Å². The van der Waals surface area contributed by atoms with Gasteiger partial charge in [-0.25, -0.2) is 17.4 Å². The summed E-state index contributed by atoms with van der Waals surface area (Å²) in [7, 11) is -3.79. The molecule has 0 amide bonds. The zero-order valence-corrected chi connectivity index (χ0v) is 14.8. The van der Waals surface area contributed by atoms with E-state index in [9.17, 15) is 8.42 Å². The molecule has 4 rings (SSSR count). The number of para-hydroxylation sites is 2. The monoisotopic (exact) mass is 364 g/mol. The summed E-state index contributed by atoms with van der Waals surface area (Å²) in [5.41, 5.74) is 2.15. The number of hydrogen-bond donors (Lipinski definition) is 0. The van der Waals surface area contributed by atoms with Crippen molar-refractivity contribution < 1.29 is 12.8 Å². The molecule has 6 heteroatoms. The van der Waals surface area contributed by atoms with Crippen LogP contribution >= 0.6 is 0 Å². The van der Waals surface area contributed by atoms with Gasteiger partial charge in [-0.3, -0.25) is 0 Å². The van der Waals surface area contributed by atoms with Gasteiger partial charge in [-0.05, 0) is 55.5 Å². The first-order chi connectivity index (χ1) is 12.6. The zero-order valence-electron chi connectivity index (χ0n) is 14.0. The van der Waals surface area contributed by atoms with Crippen molar-refractivity contribution in [1.29, 1.82) is 0 Å². The van der Waals surface area contributed by atoms with E-state index in [0.29, 0.717) is 22.6 Å². The molecule has 0 aliphatic rings. The first-order valence-electron chi connectivity index (χ1n) is 8.07. The molecule has 0 N–H and O–H groups in total. The number of imidazole rings is 1. The van der Waals surface area contributed by atoms with Crippen LogP contribution in [-0.4, -0.2) is 17.4 Å². The second kappa shape index (κ2) is 6.31. The van der Waals surface area contributed by atoms with Crippen molar-refractivity contribution in [1.82, 2.24) is 8.96 Å². The molecule has 0 unspecified atom stereocenters. The Morgan fingerprint density at radius 2 is 1.73 bits per heavy atom. The highest BCUT2D eigenvalue weighted by molar-refractivity contribution is 7.90. The fourth-order valence-corrected chi connectivity index (χ4v) is 4.19. The topological polar surface area (TPSA) is 65.1 Å². The van der Waals surface area contributed by atoms with E-state index in [-0.39, 0.29) is 4.90 Å². The Morgan fingerprint density at radius 1 is 0.962 bits per heavy atom. The third-order valence-corrected chi connectivity index (χ3v) is 5.78. The molecule has 0 aliphatic heterocycles. The molecular formula is C20H16N2O3S. The van der Waals surface area contributed by atoms with Crippen molar-refractivity contribution in [2.45, 2.75) is 11.8 Å². The lowest BCUT2D eigenvalue weighted by molar-refractivity contribution is 0.557. The molecule has 2 aromatic carbocycles. The highest BCUT2D eigenvalue weighted by Crippen LogP contribution is 2.24. The Kier molecular flexibility index (Phi) is 3.97. The van der Waals surface area contributed by atoms with Crippen LogP contribution in [0.1, 0.15) is 17.1 Å². The summed E-state index contributed by atoms with van der Waals surface area (Å²) in [4.78, 5) is 4.70. The second-order valence-corrected chi connectivity index (χ2v) is 7.68. The van der Waals surface area contributed by atoms with E-state index in [4.69, 9.17) is 4.42 Å². The summed E-state index contributed by atoms with van der Waals surface area (Å²) in [6.07, 6.45) is 4.90. The van der Waals surface area contributed by atoms with E-state index in [0.717, 1.165) is 5.56 Å². The lowest BCUT2D eigenvalue weighted by Gasteiger charge is -2.09. The average molecular weight is 364 g/mol. The molecule has 0 atom stereocenters. The summed E-state index contributed by atoms with van der Waals surface area (Å²) in [5, 5.41) is 0. The van der Waals surface area contributed by atoms with Gasteiger partial charge in [0.1, 0.15) is 11.6 Å². The molecule has 130 valence electrons. The molecular weight excluding hydrogens is 348 g/mol. The molecule has 26 heavy (non-hydrogen) atoms. The molecule has 0 radical (unpaired) electrons. The average Bonchev–Trinajstić information content (AvgIpc) is 3.27. The van der Waals surface area contributed by atoms with Crippen LogP contribution in [0.3, 0.4) is 0 Å². The van der Waals surface area contributed by atoms with Crippen molar-refractivity contribution in [2.24, 2.45) is 0 Å². The molecule has 0 bridgehead atoms. The number of aryl methyl sites for hydroxylation is 1. The first-order valence-corrected chi connectivity index (χ1v) is 9.51. The molecule has 2 heterocycles. The number of benzene rings is 2. The Hall–Kier alpha value is -3.12. The smallest absolute Gasteiger partial charge is 0.269 e. The van der Waals surface area contributed by atoms with Crippen molar-refractivity contribution in [3.63, 3.8) is 0 Å². The van der Waals surface area contributed by atoms with Crippen LogP contribution in [0.25, 0.3) is 23.2 Å². The molecule has 0 fully saturated rings. The Labute approximate surface area is 151 Å². The predicted molar refractivity (Wildman–Crippen MR) is 101 cm³/mol. The fraction of sp³-hybridized carbons (Fsp3) is 0.0500. The van der Waals surface area contributed by atoms with E-state index in [1.807, 2.05) is 13.0 Å². The van der Waals surface area contributed by atoms with Gasteiger partial charge in [0.15, 0.2) is 0 Å². The van der Waals surface area contributed by atoms with E-state index < -0.39 is 10.0 Å². The van der Waals surface area contributed by atoms with Crippen LogP contribution in [0.2, 0.25) is 0 Å². The zero-order chi connectivity index (χ0) is 18.1. The number of nitrogens with zero attached hydrogens (tertiary/aromatic N) is 2. The standard InChI is InChI=1S/C20H16N2O3S/c1-15-8-11-17(12-9-15)26(23,24)22-19-7-3-2-6-18(19)21-20(22)13-10-16-5-4-14-25-16/h2-14H,1H3. The van der Waals surface area contributed by atoms with E-state index >= 15 is 0 Å². The molecule has 5 nitrogen and oxygen atoms in total. The highest BCUT2D eigenvalue weighted by atomic mass is 32.2. The normalized spacial score (nSPS) is 12.2. The maximum Gasteiger partial charge on any atom is 0.269 e. The highest BCUT2D eigenvalue weighted by Gasteiger charge is 2.23. The van der Waals surface area contributed by atoms with Crippen molar-refractivity contribution >= 4 is 33.2 Å². The summed E-state index contributed by atoms with van der Waals surface area (Å²) in [6, 6.07) is 17.5. The van der Waals surface area contributed by atoms with Gasteiger partial charge in [-0.1, -0.05) is 29.8 Å². The van der Waals surface area contributed by atoms with Crippen molar-refractivity contribution in [3.05, 3.63) is 84.1 Å². The lowest BCUT2D eigenvalue weighted by atomic mass is 10.2. The van der Waals surface area contributed by atoms with Gasteiger partial charge in [-0.15, -0.1) is 0 Å². The minimum Gasteiger partial charge on any atom is -0.465 e. The van der Waals surface area contributed by atoms with Gasteiger partial charge < -0.3 is 4.42 Å². The number of rotatable bonds is 4. The number of furan rings is 1. The molecule has 0 aliphatic carbocycles. The Balaban J connectivity index is 1.92. The summed E-state index contributed by atoms with van der Waals surface area (Å²) >= 11 is 0. The van der Waals surface area contributed by atoms with Gasteiger partial charge >= 0.3 is 0 Å². The van der Waals surface area contributed by atoms with E-state index in [1.165, 1.54) is 3.97 Å². The summed E-state index contributed by atoms with van der Waals surface area (Å²) in [5.74, 6) is 0.944. The van der Waals surface area contributed by atoms with E-state index in [2.05, 4.69) is 4.98 Å². The van der Waals surface area contributed by atoms with Gasteiger partial charge in [0.25, 0.3) is 10.0 Å². The quantitative estimate of drug-likeness (QED) is 0.540. The van der Waals surface area contributed by atoms with Crippen LogP contribution in [0, 0.1) is 6.92 Å². The minimum absolute atomic E-state index is 0.221. The first kappa shape index (κ1) is 16.4. The van der Waals surface area contributed by atoms with Gasteiger partial charge in [0.05, 0.1) is 22.2 Å². The molecule has 0 saturated heterocycles. The number of fused-ring (bicyclic) bond motifs is 1. The van der Waals surface area contributed by atoms with Crippen molar-refractivity contribution in [3.8, 4) is 0 Å². The van der Waals surface area contributed by atoms with Crippen LogP contribution < -0.4 is 0 Å². The minimum atomic E-state index is -3.79. The summed E-state index contributed by atoms with van der Waals surface area (Å²) < 4.78 is 33.1. The number of aromatic nitrogens is 2. The SMILES string of the molecule is Cc1ccc(S(=O)(=O)n2c(C=Cc3ccco3)nc3ccccc32)cc1. The Bertz CT molecular complexity index is 1190. The molecule has 0 saturated carbocycles. The molecule has 0 spiro atoms. The third kappa shape index (κ3) is 2.84. The number of hydrogen-bond acceptors (Lipinski definition) is 4. The maximum absolute atomic E-state index is 13.3. The lowest BCUT2D eigenvalue weighted by Crippen LogP contribution is -2.14. The van der Waals surface area contributed by atoms with Gasteiger partial charge in [0, 0.05) is 0 Å². The van der Waals surface area contributed by atoms with Gasteiger partial charge in [-0.2, -0.15) is 0 Å². The van der Waals surface area contributed by atoms with Crippen LogP contribution in [-0.2, 0) is 10.0 Å². The van der Waals surface area contributed by atoms with Gasteiger partial charge in [0.2, 0.25) is 0 Å². The molecule has 2 aromatic heterocycles.